The summed E-state index contributed by atoms with van der Waals surface area (Å²) in [7, 11) is 1.98. The van der Waals surface area contributed by atoms with Gasteiger partial charge in [-0.15, -0.1) is 0 Å². The van der Waals surface area contributed by atoms with E-state index in [9.17, 15) is 0 Å². The van der Waals surface area contributed by atoms with E-state index in [1.807, 2.05) is 13.1 Å². The van der Waals surface area contributed by atoms with Crippen molar-refractivity contribution in [2.75, 3.05) is 20.3 Å². The zero-order valence-electron chi connectivity index (χ0n) is 11.3. The zero-order chi connectivity index (χ0) is 12.8. The topological polar surface area (TPSA) is 30.5 Å². The second-order valence-electron chi connectivity index (χ2n) is 4.85. The molecule has 0 aliphatic carbocycles. The van der Waals surface area contributed by atoms with Gasteiger partial charge in [0, 0.05) is 6.61 Å². The first-order valence-electron chi connectivity index (χ1n) is 6.76. The first-order chi connectivity index (χ1) is 8.81. The van der Waals surface area contributed by atoms with Crippen molar-refractivity contribution in [3.8, 4) is 0 Å². The fourth-order valence-electron chi connectivity index (χ4n) is 2.46. The third-order valence-electron chi connectivity index (χ3n) is 3.51. The standard InChI is InChI=1S/C15H23NO2/c1-12(18-11-14-9-6-10-17-14)15(16-2)13-7-4-3-5-8-13/h3-5,7-8,12,14-16H,6,9-11H2,1-2H3. The van der Waals surface area contributed by atoms with Crippen LogP contribution in [0.4, 0.5) is 0 Å². The molecule has 0 amide bonds. The van der Waals surface area contributed by atoms with E-state index in [4.69, 9.17) is 9.47 Å². The molecule has 1 aliphatic rings. The second kappa shape index (κ2) is 6.88. The smallest absolute Gasteiger partial charge is 0.0809 e. The van der Waals surface area contributed by atoms with E-state index in [1.54, 1.807) is 0 Å². The van der Waals surface area contributed by atoms with Crippen LogP contribution >= 0.6 is 0 Å². The van der Waals surface area contributed by atoms with Crippen LogP contribution < -0.4 is 5.32 Å². The molecule has 1 heterocycles. The highest BCUT2D eigenvalue weighted by molar-refractivity contribution is 5.19. The highest BCUT2D eigenvalue weighted by atomic mass is 16.5. The molecule has 0 aromatic heterocycles. The first-order valence-corrected chi connectivity index (χ1v) is 6.76. The Labute approximate surface area is 109 Å². The minimum Gasteiger partial charge on any atom is -0.376 e. The number of likely N-dealkylation sites (N-methyl/N-ethyl adjacent to an activating group) is 1. The number of rotatable bonds is 6. The van der Waals surface area contributed by atoms with Crippen LogP contribution in [0.15, 0.2) is 30.3 Å². The van der Waals surface area contributed by atoms with Crippen molar-refractivity contribution in [2.24, 2.45) is 0 Å². The van der Waals surface area contributed by atoms with E-state index in [0.717, 1.165) is 19.4 Å². The fourth-order valence-corrected chi connectivity index (χ4v) is 2.46. The molecule has 2 rings (SSSR count). The molecule has 0 bridgehead atoms. The summed E-state index contributed by atoms with van der Waals surface area (Å²) in [5, 5.41) is 3.33. The molecule has 100 valence electrons. The summed E-state index contributed by atoms with van der Waals surface area (Å²) in [6.45, 7) is 3.70. The van der Waals surface area contributed by atoms with E-state index in [2.05, 4.69) is 36.5 Å². The van der Waals surface area contributed by atoms with Gasteiger partial charge in [0.2, 0.25) is 0 Å². The maximum absolute atomic E-state index is 5.95. The minimum atomic E-state index is 0.140. The van der Waals surface area contributed by atoms with Crippen LogP contribution in [0.3, 0.4) is 0 Å². The zero-order valence-corrected chi connectivity index (χ0v) is 11.3. The van der Waals surface area contributed by atoms with Gasteiger partial charge in [0.05, 0.1) is 24.9 Å². The van der Waals surface area contributed by atoms with Crippen molar-refractivity contribution in [1.82, 2.24) is 5.32 Å². The van der Waals surface area contributed by atoms with Crippen LogP contribution in [0.1, 0.15) is 31.4 Å². The Morgan fingerprint density at radius 1 is 1.39 bits per heavy atom. The fraction of sp³-hybridized carbons (Fsp3) is 0.600. The molecular formula is C15H23NO2. The monoisotopic (exact) mass is 249 g/mol. The van der Waals surface area contributed by atoms with Crippen LogP contribution in [-0.4, -0.2) is 32.5 Å². The number of hydrogen-bond donors (Lipinski definition) is 1. The number of nitrogens with one attached hydrogen (secondary N) is 1. The van der Waals surface area contributed by atoms with Gasteiger partial charge in [0.15, 0.2) is 0 Å². The Hall–Kier alpha value is -0.900. The third-order valence-corrected chi connectivity index (χ3v) is 3.51. The summed E-state index contributed by atoms with van der Waals surface area (Å²) in [6.07, 6.45) is 2.72. The molecule has 0 radical (unpaired) electrons. The molecule has 3 unspecified atom stereocenters. The van der Waals surface area contributed by atoms with Gasteiger partial charge in [0.1, 0.15) is 0 Å². The van der Waals surface area contributed by atoms with Gasteiger partial charge in [-0.1, -0.05) is 30.3 Å². The summed E-state index contributed by atoms with van der Waals surface area (Å²) < 4.78 is 11.5. The Morgan fingerprint density at radius 2 is 2.17 bits per heavy atom. The summed E-state index contributed by atoms with van der Waals surface area (Å²) in [4.78, 5) is 0. The SMILES string of the molecule is CNC(c1ccccc1)C(C)OCC1CCCO1. The molecule has 0 saturated carbocycles. The van der Waals surface area contributed by atoms with Crippen molar-refractivity contribution < 1.29 is 9.47 Å². The molecule has 1 fully saturated rings. The second-order valence-corrected chi connectivity index (χ2v) is 4.85. The Bertz CT molecular complexity index is 336. The van der Waals surface area contributed by atoms with E-state index in [0.29, 0.717) is 12.7 Å². The van der Waals surface area contributed by atoms with Crippen molar-refractivity contribution in [3.05, 3.63) is 35.9 Å². The molecule has 1 aromatic rings. The lowest BCUT2D eigenvalue weighted by Gasteiger charge is -2.25. The summed E-state index contributed by atoms with van der Waals surface area (Å²) in [5.74, 6) is 0. The number of ether oxygens (including phenoxy) is 2. The molecule has 1 aromatic carbocycles. The predicted octanol–water partition coefficient (Wildman–Crippen LogP) is 2.53. The highest BCUT2D eigenvalue weighted by Gasteiger charge is 2.21. The van der Waals surface area contributed by atoms with Crippen molar-refractivity contribution in [2.45, 2.75) is 38.0 Å². The highest BCUT2D eigenvalue weighted by Crippen LogP contribution is 2.20. The quantitative estimate of drug-likeness (QED) is 0.840. The average molecular weight is 249 g/mol. The molecule has 18 heavy (non-hydrogen) atoms. The average Bonchev–Trinajstić information content (AvgIpc) is 2.92. The molecule has 3 atom stereocenters. The van der Waals surface area contributed by atoms with Gasteiger partial charge in [-0.25, -0.2) is 0 Å². The summed E-state index contributed by atoms with van der Waals surface area (Å²) in [5.41, 5.74) is 1.26. The lowest BCUT2D eigenvalue weighted by Crippen LogP contribution is -2.31. The van der Waals surface area contributed by atoms with Crippen LogP contribution in [0.25, 0.3) is 0 Å². The summed E-state index contributed by atoms with van der Waals surface area (Å²) >= 11 is 0. The van der Waals surface area contributed by atoms with Crippen LogP contribution in [-0.2, 0) is 9.47 Å². The number of benzene rings is 1. The van der Waals surface area contributed by atoms with Crippen molar-refractivity contribution in [3.63, 3.8) is 0 Å². The van der Waals surface area contributed by atoms with Crippen molar-refractivity contribution in [1.29, 1.82) is 0 Å². The van der Waals surface area contributed by atoms with Gasteiger partial charge in [-0.05, 0) is 32.4 Å². The predicted molar refractivity (Wildman–Crippen MR) is 72.6 cm³/mol. The minimum absolute atomic E-state index is 0.140. The van der Waals surface area contributed by atoms with E-state index in [-0.39, 0.29) is 12.1 Å². The van der Waals surface area contributed by atoms with E-state index in [1.165, 1.54) is 5.56 Å². The molecular weight excluding hydrogens is 226 g/mol. The van der Waals surface area contributed by atoms with Gasteiger partial charge < -0.3 is 14.8 Å². The molecule has 3 nitrogen and oxygen atoms in total. The molecule has 1 aliphatic heterocycles. The Kier molecular flexibility index (Phi) is 5.17. The molecule has 1 saturated heterocycles. The Morgan fingerprint density at radius 3 is 2.78 bits per heavy atom. The van der Waals surface area contributed by atoms with Gasteiger partial charge in [-0.2, -0.15) is 0 Å². The third kappa shape index (κ3) is 3.55. The number of hydrogen-bond acceptors (Lipinski definition) is 3. The van der Waals surface area contributed by atoms with Crippen LogP contribution in [0.5, 0.6) is 0 Å². The van der Waals surface area contributed by atoms with Gasteiger partial charge in [0.25, 0.3) is 0 Å². The van der Waals surface area contributed by atoms with E-state index >= 15 is 0 Å². The maximum atomic E-state index is 5.95. The van der Waals surface area contributed by atoms with E-state index < -0.39 is 0 Å². The molecule has 1 N–H and O–H groups in total. The van der Waals surface area contributed by atoms with Gasteiger partial charge in [-0.3, -0.25) is 0 Å². The van der Waals surface area contributed by atoms with Crippen LogP contribution in [0.2, 0.25) is 0 Å². The lowest BCUT2D eigenvalue weighted by atomic mass is 10.0. The van der Waals surface area contributed by atoms with Gasteiger partial charge >= 0.3 is 0 Å². The Balaban J connectivity index is 1.87. The maximum Gasteiger partial charge on any atom is 0.0809 e. The van der Waals surface area contributed by atoms with Crippen LogP contribution in [0, 0.1) is 0 Å². The molecule has 3 heteroatoms. The molecule has 0 spiro atoms. The normalized spacial score (nSPS) is 22.9. The largest absolute Gasteiger partial charge is 0.376 e. The van der Waals surface area contributed by atoms with Crippen molar-refractivity contribution >= 4 is 0 Å². The summed E-state index contributed by atoms with van der Waals surface area (Å²) in [6, 6.07) is 10.7. The first kappa shape index (κ1) is 13.5. The lowest BCUT2D eigenvalue weighted by molar-refractivity contribution is -0.0261.